The number of aromatic nitrogens is 2. The number of aryl methyl sites for hydroxylation is 1. The zero-order chi connectivity index (χ0) is 12.3. The Hall–Kier alpha value is -0.830. The summed E-state index contributed by atoms with van der Waals surface area (Å²) in [5, 5.41) is 3.65. The van der Waals surface area contributed by atoms with Crippen molar-refractivity contribution in [2.75, 3.05) is 6.54 Å². The van der Waals surface area contributed by atoms with E-state index < -0.39 is 0 Å². The lowest BCUT2D eigenvalue weighted by atomic mass is 9.87. The topological polar surface area (TPSA) is 29.9 Å². The average molecular weight is 235 g/mol. The molecule has 3 heteroatoms. The quantitative estimate of drug-likeness (QED) is 0.850. The van der Waals surface area contributed by atoms with Crippen LogP contribution in [0.5, 0.6) is 0 Å². The summed E-state index contributed by atoms with van der Waals surface area (Å²) in [6.45, 7) is 8.96. The Morgan fingerprint density at radius 1 is 1.53 bits per heavy atom. The predicted octanol–water partition coefficient (Wildman–Crippen LogP) is 2.71. The van der Waals surface area contributed by atoms with Gasteiger partial charge in [0.1, 0.15) is 5.82 Å². The van der Waals surface area contributed by atoms with Crippen molar-refractivity contribution in [3.8, 4) is 0 Å². The second kappa shape index (κ2) is 5.21. The van der Waals surface area contributed by atoms with Crippen molar-refractivity contribution >= 4 is 0 Å². The summed E-state index contributed by atoms with van der Waals surface area (Å²) in [5.74, 6) is 1.28. The molecule has 1 saturated carbocycles. The second-order valence-electron chi connectivity index (χ2n) is 5.49. The maximum Gasteiger partial charge on any atom is 0.114 e. The minimum absolute atomic E-state index is 0.269. The Labute approximate surface area is 105 Å². The van der Waals surface area contributed by atoms with E-state index in [0.717, 1.165) is 13.1 Å². The van der Waals surface area contributed by atoms with Gasteiger partial charge in [-0.1, -0.05) is 13.8 Å². The van der Waals surface area contributed by atoms with E-state index in [1.165, 1.54) is 31.5 Å². The number of hydrogen-bond donors (Lipinski definition) is 1. The first-order chi connectivity index (χ1) is 8.19. The number of nitrogens with zero attached hydrogens (tertiary/aromatic N) is 2. The molecular formula is C14H25N3. The summed E-state index contributed by atoms with van der Waals surface area (Å²) in [6, 6.07) is 0.682. The lowest BCUT2D eigenvalue weighted by molar-refractivity contribution is 0.413. The molecule has 96 valence electrons. The van der Waals surface area contributed by atoms with Gasteiger partial charge in [-0.2, -0.15) is 0 Å². The number of imidazole rings is 1. The van der Waals surface area contributed by atoms with E-state index in [1.54, 1.807) is 0 Å². The highest BCUT2D eigenvalue weighted by molar-refractivity contribution is 5.13. The van der Waals surface area contributed by atoms with Gasteiger partial charge in [-0.15, -0.1) is 0 Å². The van der Waals surface area contributed by atoms with Crippen molar-refractivity contribution in [2.45, 2.75) is 64.5 Å². The van der Waals surface area contributed by atoms with Gasteiger partial charge >= 0.3 is 0 Å². The highest BCUT2D eigenvalue weighted by Gasteiger charge is 2.39. The van der Waals surface area contributed by atoms with E-state index in [0.29, 0.717) is 6.04 Å². The fourth-order valence-corrected chi connectivity index (χ4v) is 3.05. The number of rotatable bonds is 5. The van der Waals surface area contributed by atoms with Crippen LogP contribution < -0.4 is 5.32 Å². The maximum atomic E-state index is 4.59. The molecule has 0 amide bonds. The van der Waals surface area contributed by atoms with Crippen LogP contribution in [-0.2, 0) is 12.0 Å². The van der Waals surface area contributed by atoms with Gasteiger partial charge in [0.05, 0.1) is 0 Å². The van der Waals surface area contributed by atoms with E-state index in [9.17, 15) is 0 Å². The normalized spacial score (nSPS) is 28.8. The summed E-state index contributed by atoms with van der Waals surface area (Å²) in [5.41, 5.74) is 0.269. The fourth-order valence-electron chi connectivity index (χ4n) is 3.05. The monoisotopic (exact) mass is 235 g/mol. The Morgan fingerprint density at radius 3 is 3.06 bits per heavy atom. The van der Waals surface area contributed by atoms with Gasteiger partial charge in [0.2, 0.25) is 0 Å². The minimum Gasteiger partial charge on any atom is -0.335 e. The van der Waals surface area contributed by atoms with Gasteiger partial charge in [0, 0.05) is 30.4 Å². The zero-order valence-corrected chi connectivity index (χ0v) is 11.4. The van der Waals surface area contributed by atoms with E-state index in [-0.39, 0.29) is 5.41 Å². The Morgan fingerprint density at radius 2 is 2.35 bits per heavy atom. The molecule has 2 atom stereocenters. The third-order valence-corrected chi connectivity index (χ3v) is 4.02. The molecule has 0 spiro atoms. The van der Waals surface area contributed by atoms with Crippen molar-refractivity contribution in [1.29, 1.82) is 0 Å². The molecule has 2 unspecified atom stereocenters. The van der Waals surface area contributed by atoms with Crippen LogP contribution in [-0.4, -0.2) is 22.1 Å². The molecule has 0 bridgehead atoms. The summed E-state index contributed by atoms with van der Waals surface area (Å²) < 4.78 is 2.29. The van der Waals surface area contributed by atoms with Crippen LogP contribution >= 0.6 is 0 Å². The van der Waals surface area contributed by atoms with Gasteiger partial charge in [0.25, 0.3) is 0 Å². The molecule has 3 nitrogen and oxygen atoms in total. The SMILES string of the molecule is CCCNC1CCC(C)(c2nccn2CC)C1. The summed E-state index contributed by atoms with van der Waals surface area (Å²) in [7, 11) is 0. The zero-order valence-electron chi connectivity index (χ0n) is 11.4. The van der Waals surface area contributed by atoms with Gasteiger partial charge < -0.3 is 9.88 Å². The van der Waals surface area contributed by atoms with E-state index in [1.807, 2.05) is 6.20 Å². The van der Waals surface area contributed by atoms with Gasteiger partial charge in [-0.25, -0.2) is 4.98 Å². The van der Waals surface area contributed by atoms with Crippen LogP contribution in [0.25, 0.3) is 0 Å². The molecule has 0 saturated heterocycles. The van der Waals surface area contributed by atoms with Crippen molar-refractivity contribution in [3.63, 3.8) is 0 Å². The highest BCUT2D eigenvalue weighted by Crippen LogP contribution is 2.39. The largest absolute Gasteiger partial charge is 0.335 e. The molecule has 1 aromatic heterocycles. The number of nitrogens with one attached hydrogen (secondary N) is 1. The standard InChI is InChI=1S/C14H25N3/c1-4-8-15-12-6-7-14(3,11-12)13-16-9-10-17(13)5-2/h9-10,12,15H,4-8,11H2,1-3H3. The molecule has 1 aromatic rings. The smallest absolute Gasteiger partial charge is 0.114 e. The lowest BCUT2D eigenvalue weighted by Crippen LogP contribution is -2.30. The third-order valence-electron chi connectivity index (χ3n) is 4.02. The molecule has 0 radical (unpaired) electrons. The Balaban J connectivity index is 2.06. The fraction of sp³-hybridized carbons (Fsp3) is 0.786. The number of hydrogen-bond acceptors (Lipinski definition) is 2. The minimum atomic E-state index is 0.269. The Bertz CT molecular complexity index is 358. The molecule has 2 rings (SSSR count). The summed E-state index contributed by atoms with van der Waals surface area (Å²) in [4.78, 5) is 4.59. The molecule has 1 fully saturated rings. The van der Waals surface area contributed by atoms with Crippen LogP contribution in [0, 0.1) is 0 Å². The van der Waals surface area contributed by atoms with Crippen molar-refractivity contribution < 1.29 is 0 Å². The molecule has 0 aliphatic heterocycles. The lowest BCUT2D eigenvalue weighted by Gasteiger charge is -2.24. The van der Waals surface area contributed by atoms with Gasteiger partial charge in [-0.3, -0.25) is 0 Å². The molecule has 1 heterocycles. The van der Waals surface area contributed by atoms with Crippen molar-refractivity contribution in [3.05, 3.63) is 18.2 Å². The van der Waals surface area contributed by atoms with Crippen LogP contribution in [0.3, 0.4) is 0 Å². The second-order valence-corrected chi connectivity index (χ2v) is 5.49. The van der Waals surface area contributed by atoms with Crippen LogP contribution in [0.15, 0.2) is 12.4 Å². The third kappa shape index (κ3) is 2.54. The molecule has 1 aliphatic carbocycles. The first-order valence-electron chi connectivity index (χ1n) is 6.94. The van der Waals surface area contributed by atoms with E-state index in [4.69, 9.17) is 0 Å². The summed E-state index contributed by atoms with van der Waals surface area (Å²) in [6.07, 6.45) is 9.03. The summed E-state index contributed by atoms with van der Waals surface area (Å²) >= 11 is 0. The van der Waals surface area contributed by atoms with Crippen LogP contribution in [0.1, 0.15) is 52.3 Å². The molecule has 1 aliphatic rings. The average Bonchev–Trinajstić information content (AvgIpc) is 2.93. The van der Waals surface area contributed by atoms with E-state index in [2.05, 4.69) is 41.8 Å². The van der Waals surface area contributed by atoms with E-state index >= 15 is 0 Å². The molecule has 17 heavy (non-hydrogen) atoms. The molecule has 1 N–H and O–H groups in total. The van der Waals surface area contributed by atoms with Gasteiger partial charge in [0.15, 0.2) is 0 Å². The van der Waals surface area contributed by atoms with Crippen molar-refractivity contribution in [2.24, 2.45) is 0 Å². The maximum absolute atomic E-state index is 4.59. The predicted molar refractivity (Wildman–Crippen MR) is 71.2 cm³/mol. The molecular weight excluding hydrogens is 210 g/mol. The van der Waals surface area contributed by atoms with Crippen LogP contribution in [0.4, 0.5) is 0 Å². The molecule has 0 aromatic carbocycles. The van der Waals surface area contributed by atoms with Gasteiger partial charge in [-0.05, 0) is 39.2 Å². The highest BCUT2D eigenvalue weighted by atomic mass is 15.1. The van der Waals surface area contributed by atoms with Crippen LogP contribution in [0.2, 0.25) is 0 Å². The first kappa shape index (κ1) is 12.6. The van der Waals surface area contributed by atoms with Crippen molar-refractivity contribution in [1.82, 2.24) is 14.9 Å². The first-order valence-corrected chi connectivity index (χ1v) is 6.94. The Kier molecular flexibility index (Phi) is 3.87.